The van der Waals surface area contributed by atoms with Crippen LogP contribution in [0.5, 0.6) is 0 Å². The summed E-state index contributed by atoms with van der Waals surface area (Å²) in [6.45, 7) is 13.0. The van der Waals surface area contributed by atoms with Crippen LogP contribution in [-0.2, 0) is 9.72 Å². The van der Waals surface area contributed by atoms with Gasteiger partial charge < -0.3 is 0 Å². The van der Waals surface area contributed by atoms with Crippen molar-refractivity contribution in [2.24, 2.45) is 10.8 Å². The molecule has 1 nitrogen and oxygen atoms in total. The summed E-state index contributed by atoms with van der Waals surface area (Å²) in [7, 11) is 0.192. The molecule has 94 valence electrons. The zero-order valence-corrected chi connectivity index (χ0v) is 12.6. The van der Waals surface area contributed by atoms with Crippen LogP contribution in [0.4, 0.5) is 0 Å². The zero-order chi connectivity index (χ0) is 13.3. The fraction of sp³-hybridized carbons (Fsp3) is 0.600. The zero-order valence-electron chi connectivity index (χ0n) is 11.7. The summed E-state index contributed by atoms with van der Waals surface area (Å²) in [5.74, 6) is 0. The van der Waals surface area contributed by atoms with Crippen molar-refractivity contribution in [1.29, 1.82) is 0 Å². The molecule has 17 heavy (non-hydrogen) atoms. The molecule has 0 radical (unpaired) electrons. The maximum atomic E-state index is 12.0. The minimum absolute atomic E-state index is 0.0735. The van der Waals surface area contributed by atoms with Gasteiger partial charge in [-0.3, -0.25) is 4.57 Å². The van der Waals surface area contributed by atoms with Gasteiger partial charge in [0.2, 0.25) is 0 Å². The highest BCUT2D eigenvalue weighted by Gasteiger charge is 2.52. The minimum atomic E-state index is -0.374. The Labute approximate surface area is 107 Å². The molecule has 0 aliphatic carbocycles. The van der Waals surface area contributed by atoms with E-state index >= 15 is 0 Å². The lowest BCUT2D eigenvalue weighted by molar-refractivity contribution is 0.134. The number of hydrogen-bond donors (Lipinski definition) is 0. The molecule has 0 spiro atoms. The smallest absolute Gasteiger partial charge is 0.168 e. The van der Waals surface area contributed by atoms with Gasteiger partial charge in [-0.15, -0.1) is 0 Å². The normalized spacial score (nSPS) is 14.0. The van der Waals surface area contributed by atoms with Crippen molar-refractivity contribution in [3.63, 3.8) is 0 Å². The van der Waals surface area contributed by atoms with Gasteiger partial charge in [0.15, 0.2) is 8.46 Å². The van der Waals surface area contributed by atoms with Crippen LogP contribution < -0.4 is 0 Å². The molecule has 1 aromatic rings. The van der Waals surface area contributed by atoms with Gasteiger partial charge in [0.25, 0.3) is 0 Å². The number of hydrogen-bond acceptors (Lipinski definition) is 1. The second kappa shape index (κ2) is 4.53. The molecule has 0 aromatic heterocycles. The summed E-state index contributed by atoms with van der Waals surface area (Å²) in [6.07, 6.45) is 0. The van der Waals surface area contributed by atoms with E-state index in [9.17, 15) is 4.57 Å². The van der Waals surface area contributed by atoms with Gasteiger partial charge >= 0.3 is 0 Å². The molecule has 2 heteroatoms. The van der Waals surface area contributed by atoms with E-state index in [1.807, 2.05) is 18.2 Å². The van der Waals surface area contributed by atoms with E-state index in [0.717, 1.165) is 5.56 Å². The van der Waals surface area contributed by atoms with Crippen LogP contribution in [0.25, 0.3) is 0 Å². The molecule has 0 bridgehead atoms. The first-order valence-corrected chi connectivity index (χ1v) is 6.88. The van der Waals surface area contributed by atoms with Crippen LogP contribution in [0.15, 0.2) is 30.3 Å². The van der Waals surface area contributed by atoms with Gasteiger partial charge in [-0.25, -0.2) is 0 Å². The highest BCUT2D eigenvalue weighted by molar-refractivity contribution is 7.25. The Morgan fingerprint density at radius 3 is 1.53 bits per heavy atom. The second-order valence-corrected chi connectivity index (χ2v) is 7.52. The van der Waals surface area contributed by atoms with Gasteiger partial charge in [0.05, 0.1) is 5.16 Å². The van der Waals surface area contributed by atoms with Gasteiger partial charge in [-0.2, -0.15) is 0 Å². The lowest BCUT2D eigenvalue weighted by atomic mass is 9.62. The highest BCUT2D eigenvalue weighted by atomic mass is 31.1. The van der Waals surface area contributed by atoms with E-state index in [2.05, 4.69) is 53.7 Å². The topological polar surface area (TPSA) is 17.1 Å². The van der Waals surface area contributed by atoms with Gasteiger partial charge in [-0.1, -0.05) is 71.9 Å². The first kappa shape index (κ1) is 14.4. The van der Waals surface area contributed by atoms with Crippen LogP contribution in [0.2, 0.25) is 0 Å². The standard InChI is InChI=1S/C15H23OP/c1-13(2,3)15(17-16,14(4,5)6)12-10-8-7-9-11-12/h7-11H,1-6H3. The first-order valence-electron chi connectivity index (χ1n) is 6.07. The molecule has 0 saturated heterocycles. The summed E-state index contributed by atoms with van der Waals surface area (Å²) in [5.41, 5.74) is 1.00. The summed E-state index contributed by atoms with van der Waals surface area (Å²) in [5, 5.41) is -0.374. The fourth-order valence-corrected chi connectivity index (χ4v) is 3.80. The largest absolute Gasteiger partial charge is 0.274 e. The monoisotopic (exact) mass is 250 g/mol. The highest BCUT2D eigenvalue weighted by Crippen LogP contribution is 2.59. The van der Waals surface area contributed by atoms with Gasteiger partial charge in [-0.05, 0) is 16.4 Å². The molecule has 0 saturated carbocycles. The van der Waals surface area contributed by atoms with E-state index in [0.29, 0.717) is 0 Å². The summed E-state index contributed by atoms with van der Waals surface area (Å²) >= 11 is 0. The number of rotatable bonds is 2. The molecular formula is C15H23OP. The molecule has 0 aliphatic heterocycles. The Kier molecular flexibility index (Phi) is 3.84. The molecule has 0 fully saturated rings. The fourth-order valence-electron chi connectivity index (χ4n) is 3.00. The van der Waals surface area contributed by atoms with Crippen molar-refractivity contribution < 1.29 is 4.57 Å². The van der Waals surface area contributed by atoms with Crippen molar-refractivity contribution in [1.82, 2.24) is 0 Å². The van der Waals surface area contributed by atoms with Crippen LogP contribution in [-0.4, -0.2) is 0 Å². The Hall–Kier alpha value is -0.680. The van der Waals surface area contributed by atoms with E-state index in [1.54, 1.807) is 0 Å². The Morgan fingerprint density at radius 1 is 0.824 bits per heavy atom. The lowest BCUT2D eigenvalue weighted by Gasteiger charge is -2.49. The summed E-state index contributed by atoms with van der Waals surface area (Å²) < 4.78 is 12.0. The molecule has 1 aromatic carbocycles. The molecule has 0 atom stereocenters. The van der Waals surface area contributed by atoms with E-state index in [1.165, 1.54) is 0 Å². The maximum Gasteiger partial charge on any atom is 0.168 e. The van der Waals surface area contributed by atoms with Crippen molar-refractivity contribution in [2.75, 3.05) is 0 Å². The van der Waals surface area contributed by atoms with Crippen molar-refractivity contribution in [3.8, 4) is 0 Å². The Balaban J connectivity index is 3.55. The Morgan fingerprint density at radius 2 is 1.24 bits per heavy atom. The number of benzene rings is 1. The molecule has 0 N–H and O–H groups in total. The third-order valence-electron chi connectivity index (χ3n) is 3.50. The van der Waals surface area contributed by atoms with E-state index < -0.39 is 0 Å². The van der Waals surface area contributed by atoms with Crippen molar-refractivity contribution in [3.05, 3.63) is 35.9 Å². The summed E-state index contributed by atoms with van der Waals surface area (Å²) in [6, 6.07) is 10.2. The van der Waals surface area contributed by atoms with E-state index in [4.69, 9.17) is 0 Å². The lowest BCUT2D eigenvalue weighted by Crippen LogP contribution is -2.45. The van der Waals surface area contributed by atoms with Gasteiger partial charge in [0, 0.05) is 0 Å². The van der Waals surface area contributed by atoms with Gasteiger partial charge in [0.1, 0.15) is 0 Å². The average Bonchev–Trinajstić information content (AvgIpc) is 2.16. The predicted octanol–water partition coefficient (Wildman–Crippen LogP) is 5.27. The van der Waals surface area contributed by atoms with E-state index in [-0.39, 0.29) is 24.4 Å². The third kappa shape index (κ3) is 2.31. The second-order valence-electron chi connectivity index (χ2n) is 6.67. The van der Waals surface area contributed by atoms with Crippen LogP contribution in [0, 0.1) is 10.8 Å². The SMILES string of the molecule is CC(C)(C)C(P=O)(c1ccccc1)C(C)(C)C. The predicted molar refractivity (Wildman–Crippen MR) is 74.6 cm³/mol. The molecule has 0 unspecified atom stereocenters. The summed E-state index contributed by atoms with van der Waals surface area (Å²) in [4.78, 5) is 0. The van der Waals surface area contributed by atoms with Crippen LogP contribution in [0.3, 0.4) is 0 Å². The first-order chi connectivity index (χ1) is 7.67. The molecule has 1 rings (SSSR count). The maximum absolute atomic E-state index is 12.0. The molecular weight excluding hydrogens is 227 g/mol. The van der Waals surface area contributed by atoms with Crippen LogP contribution in [0.1, 0.15) is 47.1 Å². The van der Waals surface area contributed by atoms with Crippen LogP contribution >= 0.6 is 8.46 Å². The molecule has 0 amide bonds. The third-order valence-corrected chi connectivity index (χ3v) is 5.37. The minimum Gasteiger partial charge on any atom is -0.274 e. The molecule has 0 aliphatic rings. The van der Waals surface area contributed by atoms with Crippen molar-refractivity contribution >= 4 is 8.46 Å². The quantitative estimate of drug-likeness (QED) is 0.654. The van der Waals surface area contributed by atoms with Crippen molar-refractivity contribution in [2.45, 2.75) is 46.7 Å². The average molecular weight is 250 g/mol. The Bertz CT molecular complexity index is 368. The molecule has 0 heterocycles.